The molecule has 1 N–H and O–H groups in total. The quantitative estimate of drug-likeness (QED) is 0.869. The molecule has 1 fully saturated rings. The van der Waals surface area contributed by atoms with Gasteiger partial charge < -0.3 is 14.8 Å². The molecule has 0 amide bonds. The standard InChI is InChI=1S/C16H24FNO2/c1-3-18-15(13-6-5-7-14(17)12-13)16(20-4-2)8-10-19-11-9-16/h5-7,12,15,18H,3-4,8-11H2,1-2H3. The fourth-order valence-corrected chi connectivity index (χ4v) is 3.02. The van der Waals surface area contributed by atoms with Gasteiger partial charge in [-0.15, -0.1) is 0 Å². The molecule has 1 aromatic rings. The Morgan fingerprint density at radius 1 is 1.35 bits per heavy atom. The van der Waals surface area contributed by atoms with Crippen LogP contribution in [0.15, 0.2) is 24.3 Å². The Morgan fingerprint density at radius 3 is 2.70 bits per heavy atom. The van der Waals surface area contributed by atoms with Gasteiger partial charge >= 0.3 is 0 Å². The van der Waals surface area contributed by atoms with Gasteiger partial charge in [-0.1, -0.05) is 19.1 Å². The number of ether oxygens (including phenoxy) is 2. The molecule has 1 aliphatic heterocycles. The Hall–Kier alpha value is -0.970. The molecular formula is C16H24FNO2. The summed E-state index contributed by atoms with van der Waals surface area (Å²) in [5.41, 5.74) is 0.638. The predicted molar refractivity (Wildman–Crippen MR) is 77.2 cm³/mol. The van der Waals surface area contributed by atoms with Crippen LogP contribution in [0.2, 0.25) is 0 Å². The van der Waals surface area contributed by atoms with Crippen LogP contribution in [0, 0.1) is 5.82 Å². The molecule has 112 valence electrons. The van der Waals surface area contributed by atoms with E-state index in [-0.39, 0.29) is 17.5 Å². The van der Waals surface area contributed by atoms with Crippen LogP contribution in [0.25, 0.3) is 0 Å². The Balaban J connectivity index is 2.33. The first kappa shape index (κ1) is 15.4. The minimum Gasteiger partial charge on any atom is -0.381 e. The largest absolute Gasteiger partial charge is 0.381 e. The van der Waals surface area contributed by atoms with Crippen LogP contribution in [0.5, 0.6) is 0 Å². The summed E-state index contributed by atoms with van der Waals surface area (Å²) in [6.45, 7) is 6.92. The second-order valence-electron chi connectivity index (χ2n) is 5.16. The Kier molecular flexibility index (Phi) is 5.52. The molecule has 1 heterocycles. The monoisotopic (exact) mass is 281 g/mol. The van der Waals surface area contributed by atoms with E-state index < -0.39 is 0 Å². The van der Waals surface area contributed by atoms with E-state index in [2.05, 4.69) is 12.2 Å². The number of benzene rings is 1. The van der Waals surface area contributed by atoms with Crippen LogP contribution in [0.4, 0.5) is 4.39 Å². The summed E-state index contributed by atoms with van der Waals surface area (Å²) in [6, 6.07) is 6.79. The minimum atomic E-state index is -0.309. The zero-order chi connectivity index (χ0) is 14.4. The van der Waals surface area contributed by atoms with Crippen molar-refractivity contribution in [3.63, 3.8) is 0 Å². The Bertz CT molecular complexity index is 413. The number of nitrogens with one attached hydrogen (secondary N) is 1. The summed E-state index contributed by atoms with van der Waals surface area (Å²) < 4.78 is 25.1. The van der Waals surface area contributed by atoms with E-state index in [1.165, 1.54) is 6.07 Å². The first-order chi connectivity index (χ1) is 9.72. The molecule has 1 atom stereocenters. The highest BCUT2D eigenvalue weighted by molar-refractivity contribution is 5.24. The summed E-state index contributed by atoms with van der Waals surface area (Å²) in [5.74, 6) is -0.205. The first-order valence-corrected chi connectivity index (χ1v) is 7.42. The van der Waals surface area contributed by atoms with Gasteiger partial charge in [0.2, 0.25) is 0 Å². The highest BCUT2D eigenvalue weighted by Gasteiger charge is 2.41. The highest BCUT2D eigenvalue weighted by atomic mass is 19.1. The van der Waals surface area contributed by atoms with Crippen LogP contribution in [0.1, 0.15) is 38.3 Å². The van der Waals surface area contributed by atoms with E-state index in [9.17, 15) is 4.39 Å². The maximum Gasteiger partial charge on any atom is 0.123 e. The molecule has 0 aliphatic carbocycles. The van der Waals surface area contributed by atoms with E-state index >= 15 is 0 Å². The van der Waals surface area contributed by atoms with E-state index in [1.807, 2.05) is 13.0 Å². The van der Waals surface area contributed by atoms with Crippen LogP contribution < -0.4 is 5.32 Å². The van der Waals surface area contributed by atoms with Crippen molar-refractivity contribution in [3.8, 4) is 0 Å². The van der Waals surface area contributed by atoms with Gasteiger partial charge in [0.25, 0.3) is 0 Å². The average Bonchev–Trinajstić information content (AvgIpc) is 2.46. The molecule has 0 bridgehead atoms. The van der Waals surface area contributed by atoms with Gasteiger partial charge in [0.1, 0.15) is 5.82 Å². The number of hydrogen-bond acceptors (Lipinski definition) is 3. The maximum absolute atomic E-state index is 13.6. The molecule has 1 aliphatic rings. The van der Waals surface area contributed by atoms with Crippen molar-refractivity contribution in [1.82, 2.24) is 5.32 Å². The molecular weight excluding hydrogens is 257 g/mol. The second-order valence-corrected chi connectivity index (χ2v) is 5.16. The van der Waals surface area contributed by atoms with Gasteiger partial charge in [0.15, 0.2) is 0 Å². The van der Waals surface area contributed by atoms with E-state index in [0.717, 1.165) is 24.9 Å². The molecule has 1 unspecified atom stereocenters. The van der Waals surface area contributed by atoms with E-state index in [0.29, 0.717) is 19.8 Å². The Labute approximate surface area is 120 Å². The fourth-order valence-electron chi connectivity index (χ4n) is 3.02. The summed E-state index contributed by atoms with van der Waals surface area (Å²) in [7, 11) is 0. The third-order valence-corrected chi connectivity index (χ3v) is 3.89. The minimum absolute atomic E-state index is 0.00736. The van der Waals surface area contributed by atoms with Gasteiger partial charge in [-0.25, -0.2) is 4.39 Å². The van der Waals surface area contributed by atoms with Crippen LogP contribution in [-0.4, -0.2) is 32.0 Å². The van der Waals surface area contributed by atoms with Gasteiger partial charge in [-0.2, -0.15) is 0 Å². The lowest BCUT2D eigenvalue weighted by atomic mass is 9.82. The van der Waals surface area contributed by atoms with Crippen molar-refractivity contribution >= 4 is 0 Å². The number of likely N-dealkylation sites (N-methyl/N-ethyl adjacent to an activating group) is 1. The van der Waals surface area contributed by atoms with Crippen molar-refractivity contribution in [3.05, 3.63) is 35.6 Å². The van der Waals surface area contributed by atoms with Gasteiger partial charge in [0, 0.05) is 32.7 Å². The van der Waals surface area contributed by atoms with Crippen LogP contribution >= 0.6 is 0 Å². The number of hydrogen-bond donors (Lipinski definition) is 1. The molecule has 0 spiro atoms. The zero-order valence-corrected chi connectivity index (χ0v) is 12.3. The van der Waals surface area contributed by atoms with E-state index in [1.54, 1.807) is 12.1 Å². The number of rotatable bonds is 6. The lowest BCUT2D eigenvalue weighted by molar-refractivity contribution is -0.127. The topological polar surface area (TPSA) is 30.5 Å². The molecule has 1 aromatic carbocycles. The summed E-state index contributed by atoms with van der Waals surface area (Å²) in [5, 5.41) is 3.47. The van der Waals surface area contributed by atoms with E-state index in [4.69, 9.17) is 9.47 Å². The molecule has 0 radical (unpaired) electrons. The highest BCUT2D eigenvalue weighted by Crippen LogP contribution is 2.38. The van der Waals surface area contributed by atoms with Crippen LogP contribution in [-0.2, 0) is 9.47 Å². The van der Waals surface area contributed by atoms with Gasteiger partial charge in [-0.05, 0) is 31.2 Å². The summed E-state index contributed by atoms with van der Waals surface area (Å²) in [4.78, 5) is 0. The van der Waals surface area contributed by atoms with Crippen molar-refractivity contribution in [2.45, 2.75) is 38.3 Å². The molecule has 4 heteroatoms. The third-order valence-electron chi connectivity index (χ3n) is 3.89. The van der Waals surface area contributed by atoms with Crippen molar-refractivity contribution in [1.29, 1.82) is 0 Å². The molecule has 0 saturated carbocycles. The second kappa shape index (κ2) is 7.16. The number of halogens is 1. The first-order valence-electron chi connectivity index (χ1n) is 7.42. The predicted octanol–water partition coefficient (Wildman–Crippen LogP) is 3.06. The molecule has 20 heavy (non-hydrogen) atoms. The summed E-state index contributed by atoms with van der Waals surface area (Å²) >= 11 is 0. The maximum atomic E-state index is 13.6. The SMILES string of the molecule is CCNC(c1cccc(F)c1)C1(OCC)CCOCC1. The van der Waals surface area contributed by atoms with Crippen molar-refractivity contribution in [2.75, 3.05) is 26.4 Å². The van der Waals surface area contributed by atoms with Gasteiger partial charge in [-0.3, -0.25) is 0 Å². The molecule has 1 saturated heterocycles. The summed E-state index contributed by atoms with van der Waals surface area (Å²) in [6.07, 6.45) is 1.66. The van der Waals surface area contributed by atoms with Crippen LogP contribution in [0.3, 0.4) is 0 Å². The molecule has 3 nitrogen and oxygen atoms in total. The fraction of sp³-hybridized carbons (Fsp3) is 0.625. The molecule has 0 aromatic heterocycles. The zero-order valence-electron chi connectivity index (χ0n) is 12.3. The third kappa shape index (κ3) is 3.37. The molecule has 2 rings (SSSR count). The van der Waals surface area contributed by atoms with Gasteiger partial charge in [0.05, 0.1) is 11.6 Å². The Morgan fingerprint density at radius 2 is 2.10 bits per heavy atom. The smallest absolute Gasteiger partial charge is 0.123 e. The normalized spacial score (nSPS) is 19.8. The lowest BCUT2D eigenvalue weighted by Gasteiger charge is -2.43. The van der Waals surface area contributed by atoms with Crippen molar-refractivity contribution in [2.24, 2.45) is 0 Å². The average molecular weight is 281 g/mol. The van der Waals surface area contributed by atoms with Crippen molar-refractivity contribution < 1.29 is 13.9 Å². The lowest BCUT2D eigenvalue weighted by Crippen LogP contribution is -2.50.